The minimum atomic E-state index is -0.0689. The molecule has 1 atom stereocenters. The third kappa shape index (κ3) is 2.66. The molecule has 2 aromatic rings. The van der Waals surface area contributed by atoms with Gasteiger partial charge in [-0.15, -0.1) is 0 Å². The Hall–Kier alpha value is -2.23. The Morgan fingerprint density at radius 1 is 1.38 bits per heavy atom. The van der Waals surface area contributed by atoms with Crippen LogP contribution in [0.15, 0.2) is 41.0 Å². The number of rotatable bonds is 4. The van der Waals surface area contributed by atoms with Crippen LogP contribution in [0.4, 0.5) is 5.69 Å². The highest BCUT2D eigenvalue weighted by Crippen LogP contribution is 2.28. The normalized spacial score (nSPS) is 14.9. The molecule has 4 nitrogen and oxygen atoms in total. The molecule has 3 rings (SSSR count). The molecule has 1 aromatic heterocycles. The highest BCUT2D eigenvalue weighted by molar-refractivity contribution is 5.95. The van der Waals surface area contributed by atoms with Crippen LogP contribution in [0.3, 0.4) is 0 Å². The topological polar surface area (TPSA) is 45.5 Å². The van der Waals surface area contributed by atoms with E-state index in [1.165, 1.54) is 11.3 Å². The zero-order valence-corrected chi connectivity index (χ0v) is 12.4. The van der Waals surface area contributed by atoms with Gasteiger partial charge in [0.1, 0.15) is 5.76 Å². The molecule has 0 saturated carbocycles. The van der Waals surface area contributed by atoms with E-state index in [1.807, 2.05) is 0 Å². The second-order valence-corrected chi connectivity index (χ2v) is 5.52. The van der Waals surface area contributed by atoms with Gasteiger partial charge < -0.3 is 14.6 Å². The highest BCUT2D eigenvalue weighted by Gasteiger charge is 2.23. The number of fused-ring (bicyclic) bond motifs is 1. The number of hydrogen-bond donors (Lipinski definition) is 1. The van der Waals surface area contributed by atoms with Gasteiger partial charge in [0.05, 0.1) is 11.8 Å². The SMILES string of the molecule is Cc1occc1C(=O)NCC(C)N1CCc2ccccc21. The van der Waals surface area contributed by atoms with Crippen LogP contribution < -0.4 is 10.2 Å². The van der Waals surface area contributed by atoms with Crippen LogP contribution >= 0.6 is 0 Å². The number of carbonyl (C=O) groups is 1. The lowest BCUT2D eigenvalue weighted by molar-refractivity contribution is 0.0950. The molecule has 21 heavy (non-hydrogen) atoms. The van der Waals surface area contributed by atoms with Gasteiger partial charge in [-0.1, -0.05) is 18.2 Å². The average molecular weight is 284 g/mol. The molecule has 1 aliphatic rings. The Balaban J connectivity index is 1.62. The number of para-hydroxylation sites is 1. The zero-order chi connectivity index (χ0) is 14.8. The first-order valence-corrected chi connectivity index (χ1v) is 7.33. The molecular formula is C17H20N2O2. The van der Waals surface area contributed by atoms with Crippen LogP contribution in [0.2, 0.25) is 0 Å². The van der Waals surface area contributed by atoms with Crippen molar-refractivity contribution in [2.24, 2.45) is 0 Å². The lowest BCUT2D eigenvalue weighted by atomic mass is 10.1. The third-order valence-electron chi connectivity index (χ3n) is 4.12. The molecule has 1 amide bonds. The second-order valence-electron chi connectivity index (χ2n) is 5.52. The van der Waals surface area contributed by atoms with Gasteiger partial charge in [-0.05, 0) is 38.0 Å². The quantitative estimate of drug-likeness (QED) is 0.939. The summed E-state index contributed by atoms with van der Waals surface area (Å²) in [6.07, 6.45) is 2.62. The van der Waals surface area contributed by atoms with E-state index >= 15 is 0 Å². The Bertz CT molecular complexity index is 648. The molecule has 1 unspecified atom stereocenters. The fourth-order valence-corrected chi connectivity index (χ4v) is 2.89. The molecule has 0 bridgehead atoms. The minimum Gasteiger partial charge on any atom is -0.469 e. The maximum absolute atomic E-state index is 12.1. The van der Waals surface area contributed by atoms with E-state index in [1.54, 1.807) is 19.3 Å². The van der Waals surface area contributed by atoms with Gasteiger partial charge >= 0.3 is 0 Å². The van der Waals surface area contributed by atoms with Crippen molar-refractivity contribution in [2.45, 2.75) is 26.3 Å². The van der Waals surface area contributed by atoms with Gasteiger partial charge in [0.2, 0.25) is 0 Å². The van der Waals surface area contributed by atoms with Gasteiger partial charge in [0.25, 0.3) is 5.91 Å². The molecule has 0 aliphatic carbocycles. The number of aryl methyl sites for hydroxylation is 1. The van der Waals surface area contributed by atoms with Gasteiger partial charge in [0.15, 0.2) is 0 Å². The first-order valence-electron chi connectivity index (χ1n) is 7.33. The Kier molecular flexibility index (Phi) is 3.69. The van der Waals surface area contributed by atoms with E-state index in [-0.39, 0.29) is 11.9 Å². The van der Waals surface area contributed by atoms with E-state index in [0.717, 1.165) is 13.0 Å². The minimum absolute atomic E-state index is 0.0689. The molecule has 1 aliphatic heterocycles. The van der Waals surface area contributed by atoms with Crippen molar-refractivity contribution in [3.63, 3.8) is 0 Å². The van der Waals surface area contributed by atoms with Crippen LogP contribution in [0.5, 0.6) is 0 Å². The molecule has 1 N–H and O–H groups in total. The number of carbonyl (C=O) groups excluding carboxylic acids is 1. The third-order valence-corrected chi connectivity index (χ3v) is 4.12. The van der Waals surface area contributed by atoms with Crippen LogP contribution in [-0.4, -0.2) is 25.0 Å². The van der Waals surface area contributed by atoms with Gasteiger partial charge in [-0.2, -0.15) is 0 Å². The predicted octanol–water partition coefficient (Wildman–Crippen LogP) is 2.77. The maximum Gasteiger partial charge on any atom is 0.254 e. The summed E-state index contributed by atoms with van der Waals surface area (Å²) in [5, 5.41) is 2.99. The molecular weight excluding hydrogens is 264 g/mol. The average Bonchev–Trinajstić information content (AvgIpc) is 3.10. The number of furan rings is 1. The van der Waals surface area contributed by atoms with Gasteiger partial charge in [0, 0.05) is 24.8 Å². The number of benzene rings is 1. The molecule has 2 heterocycles. The predicted molar refractivity (Wildman–Crippen MR) is 82.7 cm³/mol. The van der Waals surface area contributed by atoms with Crippen LogP contribution in [0.1, 0.15) is 28.6 Å². The number of nitrogens with zero attached hydrogens (tertiary/aromatic N) is 1. The van der Waals surface area contributed by atoms with Crippen molar-refractivity contribution in [1.82, 2.24) is 5.32 Å². The van der Waals surface area contributed by atoms with Crippen molar-refractivity contribution >= 4 is 11.6 Å². The Morgan fingerprint density at radius 3 is 2.95 bits per heavy atom. The summed E-state index contributed by atoms with van der Waals surface area (Å²) in [6, 6.07) is 10.5. The first kappa shape index (κ1) is 13.7. The fraction of sp³-hybridized carbons (Fsp3) is 0.353. The standard InChI is InChI=1S/C17H20N2O2/c1-12(11-18-17(20)15-8-10-21-13(15)2)19-9-7-14-5-3-4-6-16(14)19/h3-6,8,10,12H,7,9,11H2,1-2H3,(H,18,20). The highest BCUT2D eigenvalue weighted by atomic mass is 16.3. The summed E-state index contributed by atoms with van der Waals surface area (Å²) in [6.45, 7) is 5.58. The maximum atomic E-state index is 12.1. The number of nitrogens with one attached hydrogen (secondary N) is 1. The summed E-state index contributed by atoms with van der Waals surface area (Å²) >= 11 is 0. The Labute approximate surface area is 124 Å². The number of amides is 1. The molecule has 0 radical (unpaired) electrons. The molecule has 4 heteroatoms. The molecule has 110 valence electrons. The summed E-state index contributed by atoms with van der Waals surface area (Å²) in [5.74, 6) is 0.590. The van der Waals surface area contributed by atoms with Crippen LogP contribution in [-0.2, 0) is 6.42 Å². The number of anilines is 1. The van der Waals surface area contributed by atoms with Crippen LogP contribution in [0.25, 0.3) is 0 Å². The number of hydrogen-bond acceptors (Lipinski definition) is 3. The van der Waals surface area contributed by atoms with Crippen molar-refractivity contribution in [1.29, 1.82) is 0 Å². The van der Waals surface area contributed by atoms with Crippen molar-refractivity contribution in [2.75, 3.05) is 18.0 Å². The summed E-state index contributed by atoms with van der Waals surface area (Å²) in [4.78, 5) is 14.5. The van der Waals surface area contributed by atoms with Gasteiger partial charge in [-0.25, -0.2) is 0 Å². The largest absolute Gasteiger partial charge is 0.469 e. The lowest BCUT2D eigenvalue weighted by Gasteiger charge is -2.27. The first-order chi connectivity index (χ1) is 10.2. The molecule has 0 saturated heterocycles. The van der Waals surface area contributed by atoms with Crippen molar-refractivity contribution < 1.29 is 9.21 Å². The van der Waals surface area contributed by atoms with Crippen LogP contribution in [0, 0.1) is 6.92 Å². The van der Waals surface area contributed by atoms with E-state index < -0.39 is 0 Å². The molecule has 0 spiro atoms. The molecule has 1 aromatic carbocycles. The van der Waals surface area contributed by atoms with Gasteiger partial charge in [-0.3, -0.25) is 4.79 Å². The van der Waals surface area contributed by atoms with Crippen molar-refractivity contribution in [3.05, 3.63) is 53.5 Å². The second kappa shape index (κ2) is 5.64. The van der Waals surface area contributed by atoms with Crippen molar-refractivity contribution in [3.8, 4) is 0 Å². The fourth-order valence-electron chi connectivity index (χ4n) is 2.89. The summed E-state index contributed by atoms with van der Waals surface area (Å²) < 4.78 is 5.17. The van der Waals surface area contributed by atoms with E-state index in [9.17, 15) is 4.79 Å². The lowest BCUT2D eigenvalue weighted by Crippen LogP contribution is -2.41. The smallest absolute Gasteiger partial charge is 0.254 e. The monoisotopic (exact) mass is 284 g/mol. The van der Waals surface area contributed by atoms with E-state index in [2.05, 4.69) is 41.4 Å². The molecule has 0 fully saturated rings. The Morgan fingerprint density at radius 2 is 2.19 bits per heavy atom. The van der Waals surface area contributed by atoms with E-state index in [4.69, 9.17) is 4.42 Å². The zero-order valence-electron chi connectivity index (χ0n) is 12.4. The summed E-state index contributed by atoms with van der Waals surface area (Å²) in [7, 11) is 0. The summed E-state index contributed by atoms with van der Waals surface area (Å²) in [5.41, 5.74) is 3.30. The van der Waals surface area contributed by atoms with E-state index in [0.29, 0.717) is 17.9 Å².